The smallest absolute Gasteiger partial charge is 0.249 e. The number of nitrogens with one attached hydrogen (secondary N) is 2. The Morgan fingerprint density at radius 2 is 1.96 bits per heavy atom. The Labute approximate surface area is 144 Å². The molecule has 0 amide bonds. The zero-order valence-electron chi connectivity index (χ0n) is 13.3. The van der Waals surface area contributed by atoms with Crippen LogP contribution < -0.4 is 10.6 Å². The molecule has 0 aliphatic heterocycles. The van der Waals surface area contributed by atoms with E-state index in [4.69, 9.17) is 5.26 Å². The quantitative estimate of drug-likeness (QED) is 0.719. The van der Waals surface area contributed by atoms with Crippen LogP contribution in [0.3, 0.4) is 0 Å². The first-order valence-electron chi connectivity index (χ1n) is 7.68. The first kappa shape index (κ1) is 16.3. The molecule has 0 saturated carbocycles. The fourth-order valence-electron chi connectivity index (χ4n) is 2.22. The molecule has 3 aromatic rings. The van der Waals surface area contributed by atoms with Crippen LogP contribution in [-0.2, 0) is 6.42 Å². The highest BCUT2D eigenvalue weighted by Gasteiger charge is 2.02. The van der Waals surface area contributed by atoms with Gasteiger partial charge >= 0.3 is 0 Å². The van der Waals surface area contributed by atoms with E-state index in [-0.39, 0.29) is 5.82 Å². The minimum absolute atomic E-state index is 0.243. The number of aromatic nitrogens is 3. The van der Waals surface area contributed by atoms with Gasteiger partial charge in [-0.25, -0.2) is 4.39 Å². The SMILES string of the molecule is N#Cc1cccc(Nc2nncc(NCCc3ccc(F)cc3)n2)c1. The van der Waals surface area contributed by atoms with Crippen molar-refractivity contribution in [1.82, 2.24) is 15.2 Å². The molecule has 0 atom stereocenters. The van der Waals surface area contributed by atoms with Crippen molar-refractivity contribution >= 4 is 17.5 Å². The highest BCUT2D eigenvalue weighted by molar-refractivity contribution is 5.56. The lowest BCUT2D eigenvalue weighted by Crippen LogP contribution is -2.08. The summed E-state index contributed by atoms with van der Waals surface area (Å²) in [6.07, 6.45) is 2.26. The summed E-state index contributed by atoms with van der Waals surface area (Å²) in [6.45, 7) is 0.633. The third kappa shape index (κ3) is 4.72. The molecule has 6 nitrogen and oxygen atoms in total. The van der Waals surface area contributed by atoms with Crippen LogP contribution in [0.25, 0.3) is 0 Å². The molecule has 7 heteroatoms. The molecule has 3 rings (SSSR count). The lowest BCUT2D eigenvalue weighted by atomic mass is 10.1. The molecule has 1 aromatic heterocycles. The van der Waals surface area contributed by atoms with E-state index in [2.05, 4.69) is 31.9 Å². The molecule has 0 unspecified atom stereocenters. The van der Waals surface area contributed by atoms with Gasteiger partial charge in [-0.2, -0.15) is 15.3 Å². The molecule has 0 fully saturated rings. The minimum atomic E-state index is -0.243. The summed E-state index contributed by atoms with van der Waals surface area (Å²) in [6, 6.07) is 15.5. The van der Waals surface area contributed by atoms with Crippen LogP contribution in [0, 0.1) is 17.1 Å². The third-order valence-corrected chi connectivity index (χ3v) is 3.44. The van der Waals surface area contributed by atoms with Crippen molar-refractivity contribution in [1.29, 1.82) is 5.26 Å². The zero-order chi connectivity index (χ0) is 17.5. The van der Waals surface area contributed by atoms with Crippen molar-refractivity contribution in [3.8, 4) is 6.07 Å². The molecular weight excluding hydrogens is 319 g/mol. The average molecular weight is 334 g/mol. The Morgan fingerprint density at radius 1 is 1.12 bits per heavy atom. The number of rotatable bonds is 6. The molecule has 2 N–H and O–H groups in total. The normalized spacial score (nSPS) is 10.1. The van der Waals surface area contributed by atoms with Crippen LogP contribution in [0.5, 0.6) is 0 Å². The van der Waals surface area contributed by atoms with Gasteiger partial charge in [-0.1, -0.05) is 18.2 Å². The number of benzene rings is 2. The molecule has 0 aliphatic rings. The summed E-state index contributed by atoms with van der Waals surface area (Å²) in [7, 11) is 0. The van der Waals surface area contributed by atoms with Gasteiger partial charge in [0.25, 0.3) is 0 Å². The maximum absolute atomic E-state index is 12.9. The molecule has 25 heavy (non-hydrogen) atoms. The number of hydrogen-bond acceptors (Lipinski definition) is 6. The van der Waals surface area contributed by atoms with E-state index >= 15 is 0 Å². The molecule has 0 bridgehead atoms. The van der Waals surface area contributed by atoms with Crippen LogP contribution in [0.2, 0.25) is 0 Å². The van der Waals surface area contributed by atoms with Crippen molar-refractivity contribution in [3.63, 3.8) is 0 Å². The lowest BCUT2D eigenvalue weighted by molar-refractivity contribution is 0.627. The van der Waals surface area contributed by atoms with Gasteiger partial charge in [0, 0.05) is 12.2 Å². The largest absolute Gasteiger partial charge is 0.368 e. The summed E-state index contributed by atoms with van der Waals surface area (Å²) >= 11 is 0. The fourth-order valence-corrected chi connectivity index (χ4v) is 2.22. The van der Waals surface area contributed by atoms with Gasteiger partial charge in [-0.05, 0) is 42.3 Å². The topological polar surface area (TPSA) is 86.5 Å². The van der Waals surface area contributed by atoms with E-state index in [1.807, 2.05) is 6.07 Å². The third-order valence-electron chi connectivity index (χ3n) is 3.44. The Bertz CT molecular complexity index is 889. The summed E-state index contributed by atoms with van der Waals surface area (Å²) in [5.74, 6) is 0.672. The van der Waals surface area contributed by atoms with Gasteiger partial charge < -0.3 is 10.6 Å². The maximum atomic E-state index is 12.9. The summed E-state index contributed by atoms with van der Waals surface area (Å²) in [4.78, 5) is 4.33. The molecule has 124 valence electrons. The monoisotopic (exact) mass is 334 g/mol. The van der Waals surface area contributed by atoms with Crippen molar-refractivity contribution in [3.05, 3.63) is 71.7 Å². The van der Waals surface area contributed by atoms with Gasteiger partial charge in [-0.3, -0.25) is 0 Å². The highest BCUT2D eigenvalue weighted by Crippen LogP contribution is 2.15. The molecule has 0 radical (unpaired) electrons. The number of nitriles is 1. The van der Waals surface area contributed by atoms with Crippen LogP contribution >= 0.6 is 0 Å². The first-order chi connectivity index (χ1) is 12.2. The Hall–Kier alpha value is -3.53. The van der Waals surface area contributed by atoms with Gasteiger partial charge in [-0.15, -0.1) is 5.10 Å². The number of anilines is 3. The number of halogens is 1. The van der Waals surface area contributed by atoms with Gasteiger partial charge in [0.2, 0.25) is 5.95 Å². The number of hydrogen-bond donors (Lipinski definition) is 2. The zero-order valence-corrected chi connectivity index (χ0v) is 13.3. The Morgan fingerprint density at radius 3 is 2.76 bits per heavy atom. The lowest BCUT2D eigenvalue weighted by Gasteiger charge is -2.08. The van der Waals surface area contributed by atoms with Crippen molar-refractivity contribution < 1.29 is 4.39 Å². The maximum Gasteiger partial charge on any atom is 0.249 e. The van der Waals surface area contributed by atoms with Gasteiger partial charge in [0.15, 0.2) is 5.82 Å². The predicted octanol–water partition coefficient (Wildman–Crippen LogP) is 3.28. The summed E-state index contributed by atoms with van der Waals surface area (Å²) < 4.78 is 12.9. The van der Waals surface area contributed by atoms with E-state index in [1.165, 1.54) is 18.3 Å². The Kier molecular flexibility index (Phi) is 5.12. The van der Waals surface area contributed by atoms with E-state index in [1.54, 1.807) is 30.3 Å². The predicted molar refractivity (Wildman–Crippen MR) is 92.9 cm³/mol. The van der Waals surface area contributed by atoms with Crippen LogP contribution in [-0.4, -0.2) is 21.7 Å². The van der Waals surface area contributed by atoms with Gasteiger partial charge in [0.1, 0.15) is 5.82 Å². The van der Waals surface area contributed by atoms with Crippen LogP contribution in [0.4, 0.5) is 21.8 Å². The van der Waals surface area contributed by atoms with E-state index in [0.717, 1.165) is 12.0 Å². The van der Waals surface area contributed by atoms with Crippen molar-refractivity contribution in [2.75, 3.05) is 17.2 Å². The van der Waals surface area contributed by atoms with E-state index < -0.39 is 0 Å². The molecule has 0 aliphatic carbocycles. The van der Waals surface area contributed by atoms with Crippen molar-refractivity contribution in [2.45, 2.75) is 6.42 Å². The second-order valence-corrected chi connectivity index (χ2v) is 5.29. The molecular formula is C18H15FN6. The molecule has 1 heterocycles. The summed E-state index contributed by atoms with van der Waals surface area (Å²) in [5.41, 5.74) is 2.29. The van der Waals surface area contributed by atoms with Crippen LogP contribution in [0.1, 0.15) is 11.1 Å². The second-order valence-electron chi connectivity index (χ2n) is 5.29. The van der Waals surface area contributed by atoms with E-state index in [9.17, 15) is 4.39 Å². The standard InChI is InChI=1S/C18H15FN6/c19-15-6-4-13(5-7-15)8-9-21-17-12-22-25-18(24-17)23-16-3-1-2-14(10-16)11-20/h1-7,10,12H,8-9H2,(H2,21,23,24,25). The molecule has 0 spiro atoms. The number of nitrogens with zero attached hydrogens (tertiary/aromatic N) is 4. The average Bonchev–Trinajstić information content (AvgIpc) is 2.64. The molecule has 0 saturated heterocycles. The minimum Gasteiger partial charge on any atom is -0.368 e. The summed E-state index contributed by atoms with van der Waals surface area (Å²) in [5, 5.41) is 22.9. The fraction of sp³-hybridized carbons (Fsp3) is 0.111. The van der Waals surface area contributed by atoms with E-state index in [0.29, 0.717) is 29.6 Å². The van der Waals surface area contributed by atoms with Crippen molar-refractivity contribution in [2.24, 2.45) is 0 Å². The van der Waals surface area contributed by atoms with Crippen LogP contribution in [0.15, 0.2) is 54.7 Å². The Balaban J connectivity index is 1.59. The first-order valence-corrected chi connectivity index (χ1v) is 7.68. The van der Waals surface area contributed by atoms with Gasteiger partial charge in [0.05, 0.1) is 17.8 Å². The second kappa shape index (κ2) is 7.84. The highest BCUT2D eigenvalue weighted by atomic mass is 19.1. The molecule has 2 aromatic carbocycles.